The molecule has 0 N–H and O–H groups in total. The summed E-state index contributed by atoms with van der Waals surface area (Å²) < 4.78 is 0. The van der Waals surface area contributed by atoms with Crippen LogP contribution >= 0.6 is 0 Å². The molecule has 0 amide bonds. The summed E-state index contributed by atoms with van der Waals surface area (Å²) in [6.45, 7) is 0. The van der Waals surface area contributed by atoms with E-state index in [0.717, 1.165) is 0 Å². The smallest absolute Gasteiger partial charge is 0 e. The molecule has 0 nitrogen and oxygen atoms in total. The molecule has 0 aliphatic rings. The van der Waals surface area contributed by atoms with Crippen LogP contribution in [0, 0.1) is 0 Å². The molecular formula is H4CuMgSrZn. The molecule has 4 heavy (non-hydrogen) atoms. The summed E-state index contributed by atoms with van der Waals surface area (Å²) in [6.07, 6.45) is 0. The van der Waals surface area contributed by atoms with Gasteiger partial charge >= 0.3 is 68.5 Å². The van der Waals surface area contributed by atoms with Crippen molar-refractivity contribution < 1.29 is 36.5 Å². The van der Waals surface area contributed by atoms with Crippen LogP contribution in [0.25, 0.3) is 0 Å². The molecule has 0 aromatic rings. The van der Waals surface area contributed by atoms with E-state index in [1.807, 2.05) is 0 Å². The fraction of sp³-hybridized carbons (Fsp3) is 0. The molecule has 0 unspecified atom stereocenters. The van der Waals surface area contributed by atoms with Crippen LogP contribution in [0.2, 0.25) is 0 Å². The molecule has 0 bridgehead atoms. The minimum absolute atomic E-state index is 0. The predicted octanol–water partition coefficient (Wildman–Crippen LogP) is -1.84. The van der Waals surface area contributed by atoms with Crippen molar-refractivity contribution in [3.8, 4) is 0 Å². The molecule has 0 rings (SSSR count). The van der Waals surface area contributed by atoms with Gasteiger partial charge in [-0.25, -0.2) is 0 Å². The summed E-state index contributed by atoms with van der Waals surface area (Å²) >= 11 is 0. The Balaban J connectivity index is 0. The summed E-state index contributed by atoms with van der Waals surface area (Å²) in [7, 11) is 0. The van der Waals surface area contributed by atoms with E-state index < -0.39 is 0 Å². The van der Waals surface area contributed by atoms with Crippen LogP contribution in [-0.4, -0.2) is 68.5 Å². The van der Waals surface area contributed by atoms with Gasteiger partial charge in [0.15, 0.2) is 0 Å². The summed E-state index contributed by atoms with van der Waals surface area (Å²) in [5, 5.41) is 0. The molecule has 0 aromatic carbocycles. The molecule has 0 saturated heterocycles. The van der Waals surface area contributed by atoms with Gasteiger partial charge in [-0.15, -0.1) is 0 Å². The van der Waals surface area contributed by atoms with E-state index >= 15 is 0 Å². The second-order valence-corrected chi connectivity index (χ2v) is 0. The van der Waals surface area contributed by atoms with Crippen molar-refractivity contribution in [1.29, 1.82) is 0 Å². The van der Waals surface area contributed by atoms with Gasteiger partial charge in [-0.1, -0.05) is 0 Å². The van der Waals surface area contributed by atoms with Gasteiger partial charge in [0, 0.05) is 36.5 Å². The van der Waals surface area contributed by atoms with E-state index in [4.69, 9.17) is 0 Å². The maximum absolute atomic E-state index is 0. The average Bonchev–Trinajstić information content (AvgIpc) is 0. The van der Waals surface area contributed by atoms with Gasteiger partial charge in [-0.3, -0.25) is 0 Å². The minimum atomic E-state index is 0. The SMILES string of the molecule is [Cu].[MgH2].[SrH2].[Zn]. The summed E-state index contributed by atoms with van der Waals surface area (Å²) in [4.78, 5) is 0. The maximum Gasteiger partial charge on any atom is 0 e. The molecule has 0 aliphatic heterocycles. The van der Waals surface area contributed by atoms with E-state index in [9.17, 15) is 0 Å². The van der Waals surface area contributed by atoms with Crippen molar-refractivity contribution in [1.82, 2.24) is 0 Å². The summed E-state index contributed by atoms with van der Waals surface area (Å²) in [5.41, 5.74) is 0. The first-order valence-corrected chi connectivity index (χ1v) is 0. The standard InChI is InChI=1S/Cu.Mg.Sr.Zn.4H. The van der Waals surface area contributed by atoms with Gasteiger partial charge in [0.25, 0.3) is 0 Å². The third kappa shape index (κ3) is 9.04. The first kappa shape index (κ1) is 26.3. The van der Waals surface area contributed by atoms with Crippen molar-refractivity contribution in [2.75, 3.05) is 0 Å². The van der Waals surface area contributed by atoms with Crippen molar-refractivity contribution in [2.45, 2.75) is 0 Å². The van der Waals surface area contributed by atoms with E-state index in [1.54, 1.807) is 0 Å². The van der Waals surface area contributed by atoms with Crippen molar-refractivity contribution in [2.24, 2.45) is 0 Å². The second kappa shape index (κ2) is 16.2. The van der Waals surface area contributed by atoms with Crippen LogP contribution in [0.15, 0.2) is 0 Å². The third-order valence-corrected chi connectivity index (χ3v) is 0. The van der Waals surface area contributed by atoms with Crippen LogP contribution < -0.4 is 0 Å². The Labute approximate surface area is 103 Å². The molecule has 0 aliphatic carbocycles. The monoisotopic (exact) mass is 243 g/mol. The first-order valence-electron chi connectivity index (χ1n) is 0. The van der Waals surface area contributed by atoms with Crippen LogP contribution in [0.3, 0.4) is 0 Å². The van der Waals surface area contributed by atoms with Crippen LogP contribution in [0.5, 0.6) is 0 Å². The number of hydrogen-bond acceptors (Lipinski definition) is 0. The van der Waals surface area contributed by atoms with Gasteiger partial charge in [0.05, 0.1) is 0 Å². The molecule has 0 fully saturated rings. The van der Waals surface area contributed by atoms with E-state index in [2.05, 4.69) is 0 Å². The Kier molecular flexibility index (Phi) is 106. The third-order valence-electron chi connectivity index (χ3n) is 0. The van der Waals surface area contributed by atoms with Gasteiger partial charge < -0.3 is 0 Å². The second-order valence-electron chi connectivity index (χ2n) is 0. The Morgan fingerprint density at radius 1 is 1.00 bits per heavy atom. The minimum Gasteiger partial charge on any atom is 0 e. The van der Waals surface area contributed by atoms with E-state index in [1.165, 1.54) is 0 Å². The van der Waals surface area contributed by atoms with Crippen molar-refractivity contribution >= 4 is 68.5 Å². The molecular weight excluding hydrogens is 241 g/mol. The maximum atomic E-state index is 0. The van der Waals surface area contributed by atoms with Crippen molar-refractivity contribution in [3.63, 3.8) is 0 Å². The van der Waals surface area contributed by atoms with Crippen molar-refractivity contribution in [3.05, 3.63) is 0 Å². The average molecular weight is 245 g/mol. The molecule has 0 saturated carbocycles. The van der Waals surface area contributed by atoms with Gasteiger partial charge in [0.1, 0.15) is 0 Å². The normalized spacial score (nSPS) is 0. The van der Waals surface area contributed by atoms with E-state index in [-0.39, 0.29) is 105 Å². The summed E-state index contributed by atoms with van der Waals surface area (Å²) in [6, 6.07) is 0. The van der Waals surface area contributed by atoms with Gasteiger partial charge in [0.2, 0.25) is 0 Å². The largest absolute Gasteiger partial charge is 0 e. The predicted molar refractivity (Wildman–Crippen MR) is 17.1 cm³/mol. The molecule has 0 aromatic heterocycles. The fourth-order valence-electron chi connectivity index (χ4n) is 0. The zero-order chi connectivity index (χ0) is 0. The zero-order valence-corrected chi connectivity index (χ0v) is 4.92. The Hall–Kier alpha value is 3.39. The topological polar surface area (TPSA) is 0 Å². The molecule has 4 heteroatoms. The van der Waals surface area contributed by atoms with Crippen LogP contribution in [-0.2, 0) is 36.5 Å². The molecule has 0 spiro atoms. The quantitative estimate of drug-likeness (QED) is 0.440. The van der Waals surface area contributed by atoms with Crippen LogP contribution in [0.4, 0.5) is 0 Å². The molecule has 0 heterocycles. The van der Waals surface area contributed by atoms with Gasteiger partial charge in [-0.2, -0.15) is 0 Å². The van der Waals surface area contributed by atoms with Gasteiger partial charge in [-0.05, 0) is 0 Å². The number of hydrogen-bond donors (Lipinski definition) is 0. The molecule has 0 atom stereocenters. The Morgan fingerprint density at radius 2 is 1.00 bits per heavy atom. The Morgan fingerprint density at radius 3 is 1.00 bits per heavy atom. The van der Waals surface area contributed by atoms with Crippen LogP contribution in [0.1, 0.15) is 0 Å². The number of rotatable bonds is 0. The molecule has 21 valence electrons. The molecule has 1 radical (unpaired) electrons. The zero-order valence-electron chi connectivity index (χ0n) is 1.01. The summed E-state index contributed by atoms with van der Waals surface area (Å²) in [5.74, 6) is 0. The fourth-order valence-corrected chi connectivity index (χ4v) is 0. The van der Waals surface area contributed by atoms with E-state index in [0.29, 0.717) is 0 Å². The Bertz CT molecular complexity index is 8.00. The first-order chi connectivity index (χ1) is 0.